The SMILES string of the molecule is Cc1cccc(C(=O)N2CCC(N3CCCC(C(=O)N4CCCC4)C3)CC2)n1. The van der Waals surface area contributed by atoms with Gasteiger partial charge in [0.25, 0.3) is 5.91 Å². The molecule has 0 aromatic carbocycles. The molecule has 0 saturated carbocycles. The lowest BCUT2D eigenvalue weighted by Gasteiger charge is -2.42. The molecule has 0 aliphatic carbocycles. The molecule has 0 bridgehead atoms. The zero-order chi connectivity index (χ0) is 19.5. The number of carbonyl (C=O) groups is 2. The molecule has 1 atom stereocenters. The molecule has 152 valence electrons. The van der Waals surface area contributed by atoms with Gasteiger partial charge in [-0.05, 0) is 64.1 Å². The summed E-state index contributed by atoms with van der Waals surface area (Å²) in [6, 6.07) is 6.11. The van der Waals surface area contributed by atoms with E-state index < -0.39 is 0 Å². The van der Waals surface area contributed by atoms with Crippen LogP contribution in [0, 0.1) is 12.8 Å². The van der Waals surface area contributed by atoms with Gasteiger partial charge in [-0.2, -0.15) is 0 Å². The van der Waals surface area contributed by atoms with Gasteiger partial charge in [0.15, 0.2) is 0 Å². The van der Waals surface area contributed by atoms with Gasteiger partial charge >= 0.3 is 0 Å². The van der Waals surface area contributed by atoms with E-state index in [1.165, 1.54) is 0 Å². The fourth-order valence-electron chi connectivity index (χ4n) is 4.99. The highest BCUT2D eigenvalue weighted by Crippen LogP contribution is 2.26. The van der Waals surface area contributed by atoms with Crippen LogP contribution in [0.1, 0.15) is 54.7 Å². The first-order chi connectivity index (χ1) is 13.6. The third-order valence-electron chi connectivity index (χ3n) is 6.60. The van der Waals surface area contributed by atoms with E-state index in [4.69, 9.17) is 0 Å². The van der Waals surface area contributed by atoms with Crippen LogP contribution in [0.4, 0.5) is 0 Å². The zero-order valence-corrected chi connectivity index (χ0v) is 17.0. The summed E-state index contributed by atoms with van der Waals surface area (Å²) in [5, 5.41) is 0. The summed E-state index contributed by atoms with van der Waals surface area (Å²) in [4.78, 5) is 36.4. The van der Waals surface area contributed by atoms with E-state index in [1.807, 2.05) is 24.0 Å². The van der Waals surface area contributed by atoms with E-state index in [1.54, 1.807) is 6.07 Å². The monoisotopic (exact) mass is 384 g/mol. The second-order valence-corrected chi connectivity index (χ2v) is 8.55. The molecular formula is C22H32N4O2. The number of likely N-dealkylation sites (tertiary alicyclic amines) is 3. The van der Waals surface area contributed by atoms with Crippen molar-refractivity contribution in [3.05, 3.63) is 29.6 Å². The van der Waals surface area contributed by atoms with Crippen LogP contribution in [-0.2, 0) is 4.79 Å². The molecule has 1 unspecified atom stereocenters. The lowest BCUT2D eigenvalue weighted by molar-refractivity contribution is -0.136. The first-order valence-electron chi connectivity index (χ1n) is 10.9. The largest absolute Gasteiger partial charge is 0.342 e. The Bertz CT molecular complexity index is 708. The summed E-state index contributed by atoms with van der Waals surface area (Å²) in [6.07, 6.45) is 6.43. The summed E-state index contributed by atoms with van der Waals surface area (Å²) in [5.74, 6) is 0.589. The zero-order valence-electron chi connectivity index (χ0n) is 17.0. The average molecular weight is 385 g/mol. The Morgan fingerprint density at radius 2 is 1.68 bits per heavy atom. The summed E-state index contributed by atoms with van der Waals surface area (Å²) in [5.41, 5.74) is 1.43. The van der Waals surface area contributed by atoms with Crippen LogP contribution >= 0.6 is 0 Å². The van der Waals surface area contributed by atoms with E-state index in [0.29, 0.717) is 17.6 Å². The van der Waals surface area contributed by atoms with Crippen LogP contribution in [0.15, 0.2) is 18.2 Å². The summed E-state index contributed by atoms with van der Waals surface area (Å²) in [7, 11) is 0. The fourth-order valence-corrected chi connectivity index (χ4v) is 4.99. The van der Waals surface area contributed by atoms with Crippen LogP contribution in [0.2, 0.25) is 0 Å². The number of hydrogen-bond donors (Lipinski definition) is 0. The van der Waals surface area contributed by atoms with Crippen LogP contribution in [0.25, 0.3) is 0 Å². The second-order valence-electron chi connectivity index (χ2n) is 8.55. The van der Waals surface area contributed by atoms with Crippen molar-refractivity contribution in [2.45, 2.75) is 51.5 Å². The summed E-state index contributed by atoms with van der Waals surface area (Å²) < 4.78 is 0. The third kappa shape index (κ3) is 4.22. The van der Waals surface area contributed by atoms with E-state index >= 15 is 0 Å². The van der Waals surface area contributed by atoms with Crippen LogP contribution in [0.3, 0.4) is 0 Å². The van der Waals surface area contributed by atoms with Crippen LogP contribution < -0.4 is 0 Å². The number of rotatable bonds is 3. The Hall–Kier alpha value is -1.95. The minimum Gasteiger partial charge on any atom is -0.342 e. The molecule has 4 rings (SSSR count). The molecule has 28 heavy (non-hydrogen) atoms. The summed E-state index contributed by atoms with van der Waals surface area (Å²) >= 11 is 0. The second kappa shape index (κ2) is 8.60. The van der Waals surface area contributed by atoms with Gasteiger partial charge in [0.2, 0.25) is 5.91 Å². The Morgan fingerprint density at radius 1 is 0.929 bits per heavy atom. The first kappa shape index (κ1) is 19.4. The molecule has 1 aromatic heterocycles. The van der Waals surface area contributed by atoms with Crippen molar-refractivity contribution in [3.8, 4) is 0 Å². The van der Waals surface area contributed by atoms with Gasteiger partial charge in [-0.1, -0.05) is 6.07 Å². The van der Waals surface area contributed by atoms with Crippen LogP contribution in [0.5, 0.6) is 0 Å². The van der Waals surface area contributed by atoms with Gasteiger partial charge in [-0.25, -0.2) is 4.98 Å². The van der Waals surface area contributed by atoms with E-state index in [2.05, 4.69) is 14.8 Å². The van der Waals surface area contributed by atoms with Crippen molar-refractivity contribution >= 4 is 11.8 Å². The molecule has 0 N–H and O–H groups in total. The van der Waals surface area contributed by atoms with Crippen molar-refractivity contribution in [1.82, 2.24) is 19.7 Å². The molecule has 3 saturated heterocycles. The van der Waals surface area contributed by atoms with Crippen molar-refractivity contribution < 1.29 is 9.59 Å². The highest BCUT2D eigenvalue weighted by atomic mass is 16.2. The van der Waals surface area contributed by atoms with E-state index in [-0.39, 0.29) is 11.8 Å². The number of amides is 2. The van der Waals surface area contributed by atoms with Gasteiger partial charge in [0.05, 0.1) is 5.92 Å². The summed E-state index contributed by atoms with van der Waals surface area (Å²) in [6.45, 7) is 7.35. The van der Waals surface area contributed by atoms with Gasteiger partial charge in [-0.15, -0.1) is 0 Å². The van der Waals surface area contributed by atoms with Crippen molar-refractivity contribution in [2.75, 3.05) is 39.3 Å². The number of aryl methyl sites for hydroxylation is 1. The molecular weight excluding hydrogens is 352 g/mol. The normalized spacial score (nSPS) is 24.5. The highest BCUT2D eigenvalue weighted by molar-refractivity contribution is 5.92. The molecule has 1 aromatic rings. The minimum absolute atomic E-state index is 0.0443. The topological polar surface area (TPSA) is 56.8 Å². The number of pyridine rings is 1. The predicted molar refractivity (Wildman–Crippen MR) is 108 cm³/mol. The lowest BCUT2D eigenvalue weighted by atomic mass is 9.93. The number of hydrogen-bond acceptors (Lipinski definition) is 4. The third-order valence-corrected chi connectivity index (χ3v) is 6.60. The Balaban J connectivity index is 1.30. The smallest absolute Gasteiger partial charge is 0.272 e. The predicted octanol–water partition coefficient (Wildman–Crippen LogP) is 2.33. The first-order valence-corrected chi connectivity index (χ1v) is 10.9. The lowest BCUT2D eigenvalue weighted by Crippen LogP contribution is -2.51. The maximum atomic E-state index is 12.8. The standard InChI is InChI=1S/C22H32N4O2/c1-17-6-4-8-20(23-17)22(28)25-14-9-19(10-15-25)26-13-5-7-18(16-26)21(27)24-11-2-3-12-24/h4,6,8,18-19H,2-3,5,7,9-16H2,1H3. The fraction of sp³-hybridized carbons (Fsp3) is 0.682. The minimum atomic E-state index is 0.0443. The molecule has 3 fully saturated rings. The molecule has 0 radical (unpaired) electrons. The number of piperidine rings is 2. The Labute approximate surface area is 167 Å². The highest BCUT2D eigenvalue weighted by Gasteiger charge is 2.34. The number of nitrogens with zero attached hydrogens (tertiary/aromatic N) is 4. The van der Waals surface area contributed by atoms with Gasteiger partial charge in [-0.3, -0.25) is 14.5 Å². The van der Waals surface area contributed by atoms with Crippen molar-refractivity contribution in [2.24, 2.45) is 5.92 Å². The molecule has 0 spiro atoms. The quantitative estimate of drug-likeness (QED) is 0.803. The van der Waals surface area contributed by atoms with Crippen molar-refractivity contribution in [3.63, 3.8) is 0 Å². The Kier molecular flexibility index (Phi) is 5.95. The number of carbonyl (C=O) groups excluding carboxylic acids is 2. The molecule has 3 aliphatic rings. The Morgan fingerprint density at radius 3 is 2.39 bits per heavy atom. The van der Waals surface area contributed by atoms with Gasteiger partial charge in [0.1, 0.15) is 5.69 Å². The maximum absolute atomic E-state index is 12.8. The number of aromatic nitrogens is 1. The maximum Gasteiger partial charge on any atom is 0.272 e. The molecule has 6 heteroatoms. The van der Waals surface area contributed by atoms with Gasteiger partial charge < -0.3 is 9.80 Å². The van der Waals surface area contributed by atoms with E-state index in [0.717, 1.165) is 83.5 Å². The van der Waals surface area contributed by atoms with Crippen LogP contribution in [-0.4, -0.2) is 76.8 Å². The van der Waals surface area contributed by atoms with Crippen molar-refractivity contribution in [1.29, 1.82) is 0 Å². The van der Waals surface area contributed by atoms with Gasteiger partial charge in [0, 0.05) is 44.5 Å². The average Bonchev–Trinajstić information content (AvgIpc) is 3.28. The molecule has 2 amide bonds. The molecule has 6 nitrogen and oxygen atoms in total. The molecule has 4 heterocycles. The van der Waals surface area contributed by atoms with E-state index in [9.17, 15) is 9.59 Å². The molecule has 3 aliphatic heterocycles.